The van der Waals surface area contributed by atoms with Crippen LogP contribution in [0.25, 0.3) is 0 Å². The molecule has 0 unspecified atom stereocenters. The highest BCUT2D eigenvalue weighted by molar-refractivity contribution is 5.02. The predicted molar refractivity (Wildman–Crippen MR) is 160 cm³/mol. The smallest absolute Gasteiger partial charge is 0.187 e. The lowest BCUT2D eigenvalue weighted by atomic mass is 9.84. The molecule has 19 atom stereocenters. The van der Waals surface area contributed by atoms with E-state index in [0.29, 0.717) is 13.1 Å². The number of hydrogen-bond acceptors (Lipinski definition) is 20. The number of aliphatic hydroxyl groups excluding tert-OH is 7. The first kappa shape index (κ1) is 39.0. The Morgan fingerprint density at radius 2 is 1.15 bits per heavy atom. The number of rotatable bonds is 14. The summed E-state index contributed by atoms with van der Waals surface area (Å²) < 4.78 is 35.3. The highest BCUT2D eigenvalue weighted by Gasteiger charge is 2.54. The Bertz CT molecular complexity index is 951. The quantitative estimate of drug-likeness (QED) is 0.0754. The molecule has 20 heteroatoms. The van der Waals surface area contributed by atoms with Crippen LogP contribution in [0.2, 0.25) is 0 Å². The van der Waals surface area contributed by atoms with E-state index in [1.54, 1.807) is 0 Å². The zero-order valence-electron chi connectivity index (χ0n) is 26.2. The molecule has 0 aromatic heterocycles. The summed E-state index contributed by atoms with van der Waals surface area (Å²) in [5.41, 5.74) is 35.9. The molecule has 1 aliphatic carbocycles. The average Bonchev–Trinajstić information content (AvgIpc) is 3.35. The van der Waals surface area contributed by atoms with Gasteiger partial charge in [0.25, 0.3) is 0 Å². The van der Waals surface area contributed by atoms with E-state index in [9.17, 15) is 35.7 Å². The van der Waals surface area contributed by atoms with E-state index in [0.717, 1.165) is 12.8 Å². The minimum atomic E-state index is -1.61. The van der Waals surface area contributed by atoms with Crippen molar-refractivity contribution in [3.63, 3.8) is 0 Å². The number of unbranched alkanes of at least 4 members (excludes halogenated alkanes) is 1. The number of nitrogens with one attached hydrogen (secondary N) is 1. The van der Waals surface area contributed by atoms with Crippen molar-refractivity contribution >= 4 is 0 Å². The Hall–Kier alpha value is -0.800. The second kappa shape index (κ2) is 17.4. The van der Waals surface area contributed by atoms with Crippen molar-refractivity contribution in [3.8, 4) is 0 Å². The normalized spacial score (nSPS) is 49.3. The van der Waals surface area contributed by atoms with Crippen LogP contribution in [0.15, 0.2) is 0 Å². The molecular formula is C27H55N7O13. The van der Waals surface area contributed by atoms with Crippen molar-refractivity contribution in [2.45, 2.75) is 136 Å². The molecule has 0 amide bonds. The van der Waals surface area contributed by atoms with Crippen LogP contribution in [0.5, 0.6) is 0 Å². The lowest BCUT2D eigenvalue weighted by Gasteiger charge is -2.47. The molecule has 20 N–H and O–H groups in total. The van der Waals surface area contributed by atoms with E-state index in [1.807, 2.05) is 0 Å². The number of hydrogen-bond donors (Lipinski definition) is 14. The summed E-state index contributed by atoms with van der Waals surface area (Å²) in [6, 6.07) is -4.18. The molecule has 276 valence electrons. The third-order valence-electron chi connectivity index (χ3n) is 9.29. The Morgan fingerprint density at radius 3 is 1.74 bits per heavy atom. The summed E-state index contributed by atoms with van der Waals surface area (Å²) in [4.78, 5) is 0. The first-order valence-corrected chi connectivity index (χ1v) is 16.1. The standard InChI is InChI=1S/C27H55N7O13/c28-3-1-2-4-34-7-12-18(38)20(40)15(33)26(43-12)45-22-10(31)5-9(30)16(36)24(22)47-27-21(41)23(13(8-35)44-27)46-25-14(32)19(39)17(37)11(6-29)42-25/h9-27,34-41H,1-8,28-33H2/t9-,10+,11+,12-,13-,14-,15-,16+,17-,18-,19-,20-,21-,22-,23-,24-,25-,26-,27+/m1/s1. The molecule has 0 radical (unpaired) electrons. The second-order valence-corrected chi connectivity index (χ2v) is 12.7. The van der Waals surface area contributed by atoms with Gasteiger partial charge in [-0.2, -0.15) is 0 Å². The van der Waals surface area contributed by atoms with E-state index in [-0.39, 0.29) is 19.5 Å². The molecule has 4 aliphatic rings. The molecule has 3 heterocycles. The molecule has 20 nitrogen and oxygen atoms in total. The third kappa shape index (κ3) is 8.75. The van der Waals surface area contributed by atoms with Gasteiger partial charge in [-0.25, -0.2) is 0 Å². The highest BCUT2D eigenvalue weighted by atomic mass is 16.8. The Balaban J connectivity index is 1.46. The lowest BCUT2D eigenvalue weighted by molar-refractivity contribution is -0.307. The van der Waals surface area contributed by atoms with Gasteiger partial charge in [-0.3, -0.25) is 0 Å². The fraction of sp³-hybridized carbons (Fsp3) is 1.00. The zero-order valence-corrected chi connectivity index (χ0v) is 26.2. The van der Waals surface area contributed by atoms with E-state index >= 15 is 0 Å². The molecule has 0 aromatic rings. The van der Waals surface area contributed by atoms with Gasteiger partial charge in [0.05, 0.1) is 24.8 Å². The van der Waals surface area contributed by atoms with Gasteiger partial charge in [0.15, 0.2) is 18.9 Å². The summed E-state index contributed by atoms with van der Waals surface area (Å²) in [6.45, 7) is 0.499. The SMILES string of the molecule is NCCCCNC[C@H]1O[C@H](O[C@H]2[C@H](O[C@@H]3O[C@H](CO)[C@@H](O[C@H]4O[C@@H](CN)[C@@H](O)[C@H](O)[C@H]4N)[C@H]3O)[C@@H](O)[C@H](N)C[C@@H]2N)[C@H](N)[C@@H](O)[C@@H]1O. The van der Waals surface area contributed by atoms with Crippen molar-refractivity contribution in [1.29, 1.82) is 0 Å². The van der Waals surface area contributed by atoms with Crippen molar-refractivity contribution in [1.82, 2.24) is 5.32 Å². The van der Waals surface area contributed by atoms with E-state index in [1.165, 1.54) is 0 Å². The van der Waals surface area contributed by atoms with Crippen LogP contribution in [0, 0.1) is 0 Å². The number of nitrogens with two attached hydrogens (primary N) is 6. The molecule has 0 spiro atoms. The van der Waals surface area contributed by atoms with Gasteiger partial charge in [0.2, 0.25) is 0 Å². The third-order valence-corrected chi connectivity index (χ3v) is 9.29. The summed E-state index contributed by atoms with van der Waals surface area (Å²) in [7, 11) is 0. The van der Waals surface area contributed by atoms with Crippen molar-refractivity contribution in [2.75, 3.05) is 32.8 Å². The molecule has 4 rings (SSSR count). The van der Waals surface area contributed by atoms with Gasteiger partial charge >= 0.3 is 0 Å². The van der Waals surface area contributed by atoms with E-state index in [2.05, 4.69) is 5.32 Å². The van der Waals surface area contributed by atoms with E-state index in [4.69, 9.17) is 62.8 Å². The average molecular weight is 686 g/mol. The van der Waals surface area contributed by atoms with Crippen LogP contribution in [-0.4, -0.2) is 185 Å². The Labute approximate surface area is 272 Å². The van der Waals surface area contributed by atoms with Crippen molar-refractivity contribution in [3.05, 3.63) is 0 Å². The van der Waals surface area contributed by atoms with Gasteiger partial charge < -0.3 is 104 Å². The van der Waals surface area contributed by atoms with Crippen molar-refractivity contribution in [2.24, 2.45) is 34.4 Å². The molecule has 47 heavy (non-hydrogen) atoms. The van der Waals surface area contributed by atoms with Crippen LogP contribution in [0.1, 0.15) is 19.3 Å². The van der Waals surface area contributed by atoms with Gasteiger partial charge in [-0.1, -0.05) is 0 Å². The van der Waals surface area contributed by atoms with Gasteiger partial charge in [-0.15, -0.1) is 0 Å². The highest BCUT2D eigenvalue weighted by Crippen LogP contribution is 2.34. The minimum Gasteiger partial charge on any atom is -0.394 e. The molecule has 1 saturated carbocycles. The Morgan fingerprint density at radius 1 is 0.596 bits per heavy atom. The first-order chi connectivity index (χ1) is 22.3. The van der Waals surface area contributed by atoms with Gasteiger partial charge in [0.1, 0.15) is 67.1 Å². The number of aliphatic hydroxyl groups is 7. The minimum absolute atomic E-state index is 0.0947. The van der Waals surface area contributed by atoms with Gasteiger partial charge in [-0.05, 0) is 32.4 Å². The second-order valence-electron chi connectivity index (χ2n) is 12.7. The van der Waals surface area contributed by atoms with Crippen LogP contribution in [0.3, 0.4) is 0 Å². The summed E-state index contributed by atoms with van der Waals surface area (Å²) >= 11 is 0. The molecule has 3 aliphatic heterocycles. The van der Waals surface area contributed by atoms with Crippen LogP contribution in [0.4, 0.5) is 0 Å². The summed E-state index contributed by atoms with van der Waals surface area (Å²) in [5, 5.41) is 77.3. The maximum absolute atomic E-state index is 11.2. The molecular weight excluding hydrogens is 630 g/mol. The number of ether oxygens (including phenoxy) is 6. The largest absolute Gasteiger partial charge is 0.394 e. The fourth-order valence-corrected chi connectivity index (χ4v) is 6.36. The molecule has 0 bridgehead atoms. The van der Waals surface area contributed by atoms with Crippen LogP contribution >= 0.6 is 0 Å². The maximum Gasteiger partial charge on any atom is 0.187 e. The fourth-order valence-electron chi connectivity index (χ4n) is 6.36. The first-order valence-electron chi connectivity index (χ1n) is 16.1. The van der Waals surface area contributed by atoms with E-state index < -0.39 is 123 Å². The van der Waals surface area contributed by atoms with Crippen LogP contribution in [-0.2, 0) is 28.4 Å². The lowest BCUT2D eigenvalue weighted by Crippen LogP contribution is -2.68. The molecule has 0 aromatic carbocycles. The topological polar surface area (TPSA) is 365 Å². The summed E-state index contributed by atoms with van der Waals surface area (Å²) in [5.74, 6) is 0. The van der Waals surface area contributed by atoms with Gasteiger partial charge in [0, 0.05) is 25.2 Å². The monoisotopic (exact) mass is 685 g/mol. The molecule has 3 saturated heterocycles. The maximum atomic E-state index is 11.2. The van der Waals surface area contributed by atoms with Crippen LogP contribution < -0.4 is 39.7 Å². The predicted octanol–water partition coefficient (Wildman–Crippen LogP) is -8.53. The summed E-state index contributed by atoms with van der Waals surface area (Å²) in [6.07, 6.45) is -18.0. The van der Waals surface area contributed by atoms with Crippen molar-refractivity contribution < 1.29 is 64.2 Å². The Kier molecular flexibility index (Phi) is 14.5. The zero-order chi connectivity index (χ0) is 34.6. The molecule has 4 fully saturated rings.